The zero-order chi connectivity index (χ0) is 17.1. The van der Waals surface area contributed by atoms with Crippen molar-refractivity contribution in [2.75, 3.05) is 26.2 Å². The summed E-state index contributed by atoms with van der Waals surface area (Å²) in [6, 6.07) is 0. The summed E-state index contributed by atoms with van der Waals surface area (Å²) in [6.07, 6.45) is 6.16. The van der Waals surface area contributed by atoms with E-state index in [2.05, 4.69) is 4.98 Å². The van der Waals surface area contributed by atoms with Crippen LogP contribution in [0.2, 0.25) is 0 Å². The largest absolute Gasteiger partial charge is 0.339 e. The average Bonchev–Trinajstić information content (AvgIpc) is 2.92. The molecule has 1 saturated carbocycles. The molecule has 0 spiro atoms. The summed E-state index contributed by atoms with van der Waals surface area (Å²) < 4.78 is 0. The lowest BCUT2D eigenvalue weighted by molar-refractivity contribution is -0.142. The fourth-order valence-corrected chi connectivity index (χ4v) is 4.70. The molecule has 2 aliphatic rings. The summed E-state index contributed by atoms with van der Waals surface area (Å²) in [4.78, 5) is 34.4. The minimum absolute atomic E-state index is 0.159. The number of nitrogens with zero attached hydrogens (tertiary/aromatic N) is 3. The van der Waals surface area contributed by atoms with Crippen LogP contribution in [0.25, 0.3) is 0 Å². The molecule has 24 heavy (non-hydrogen) atoms. The standard InChI is InChI=1S/C18H27N3O2S/c1-13-16(24-14(2)19-13)12-17(22)20-8-10-21(11-9-20)18(23)15-6-4-3-5-7-15/h15H,3-12H2,1-2H3. The molecule has 0 aromatic carbocycles. The van der Waals surface area contributed by atoms with Gasteiger partial charge in [0.25, 0.3) is 0 Å². The van der Waals surface area contributed by atoms with Gasteiger partial charge in [-0.1, -0.05) is 19.3 Å². The number of hydrogen-bond acceptors (Lipinski definition) is 4. The molecule has 5 nitrogen and oxygen atoms in total. The predicted molar refractivity (Wildman–Crippen MR) is 95.0 cm³/mol. The molecule has 0 radical (unpaired) electrons. The maximum Gasteiger partial charge on any atom is 0.228 e. The van der Waals surface area contributed by atoms with Gasteiger partial charge in [0.05, 0.1) is 17.1 Å². The van der Waals surface area contributed by atoms with E-state index < -0.39 is 0 Å². The van der Waals surface area contributed by atoms with E-state index in [-0.39, 0.29) is 11.8 Å². The Bertz CT molecular complexity index is 599. The van der Waals surface area contributed by atoms with Gasteiger partial charge >= 0.3 is 0 Å². The highest BCUT2D eigenvalue weighted by Crippen LogP contribution is 2.26. The van der Waals surface area contributed by atoms with Crippen LogP contribution in [0.5, 0.6) is 0 Å². The molecule has 1 aliphatic heterocycles. The first kappa shape index (κ1) is 17.4. The Hall–Kier alpha value is -1.43. The van der Waals surface area contributed by atoms with Crippen molar-refractivity contribution in [3.05, 3.63) is 15.6 Å². The molecule has 0 bridgehead atoms. The van der Waals surface area contributed by atoms with E-state index in [0.29, 0.717) is 38.5 Å². The Labute approximate surface area is 148 Å². The third-order valence-electron chi connectivity index (χ3n) is 5.21. The molecule has 2 amide bonds. The maximum atomic E-state index is 12.6. The van der Waals surface area contributed by atoms with Gasteiger partial charge in [0, 0.05) is 37.0 Å². The van der Waals surface area contributed by atoms with E-state index in [0.717, 1.165) is 28.4 Å². The highest BCUT2D eigenvalue weighted by Gasteiger charge is 2.29. The Balaban J connectivity index is 1.50. The molecule has 132 valence electrons. The molecule has 1 aliphatic carbocycles. The van der Waals surface area contributed by atoms with Crippen molar-refractivity contribution in [1.82, 2.24) is 14.8 Å². The van der Waals surface area contributed by atoms with Gasteiger partial charge in [-0.25, -0.2) is 4.98 Å². The number of hydrogen-bond donors (Lipinski definition) is 0. The van der Waals surface area contributed by atoms with E-state index in [9.17, 15) is 9.59 Å². The quantitative estimate of drug-likeness (QED) is 0.843. The highest BCUT2D eigenvalue weighted by atomic mass is 32.1. The molecule has 0 N–H and O–H groups in total. The summed E-state index contributed by atoms with van der Waals surface area (Å²) >= 11 is 1.61. The predicted octanol–water partition coefficient (Wildman–Crippen LogP) is 2.55. The first-order chi connectivity index (χ1) is 11.5. The number of piperazine rings is 1. The van der Waals surface area contributed by atoms with Crippen molar-refractivity contribution in [3.8, 4) is 0 Å². The third kappa shape index (κ3) is 3.97. The molecule has 3 rings (SSSR count). The molecule has 1 aromatic heterocycles. The van der Waals surface area contributed by atoms with Gasteiger partial charge in [0.2, 0.25) is 11.8 Å². The maximum absolute atomic E-state index is 12.6. The molecule has 1 saturated heterocycles. The molecule has 2 heterocycles. The minimum Gasteiger partial charge on any atom is -0.339 e. The van der Waals surface area contributed by atoms with Crippen molar-refractivity contribution >= 4 is 23.2 Å². The second-order valence-electron chi connectivity index (χ2n) is 6.96. The van der Waals surface area contributed by atoms with E-state index >= 15 is 0 Å². The Morgan fingerprint density at radius 1 is 1.04 bits per heavy atom. The summed E-state index contributed by atoms with van der Waals surface area (Å²) in [6.45, 7) is 6.62. The lowest BCUT2D eigenvalue weighted by atomic mass is 9.88. The summed E-state index contributed by atoms with van der Waals surface area (Å²) in [5.74, 6) is 0.700. The number of carbonyl (C=O) groups is 2. The van der Waals surface area contributed by atoms with Crippen molar-refractivity contribution < 1.29 is 9.59 Å². The number of rotatable bonds is 3. The number of amides is 2. The molecule has 2 fully saturated rings. The van der Waals surface area contributed by atoms with Crippen LogP contribution in [0.1, 0.15) is 47.7 Å². The van der Waals surface area contributed by atoms with Gasteiger partial charge in [-0.15, -0.1) is 11.3 Å². The number of thiazole rings is 1. The molecule has 6 heteroatoms. The topological polar surface area (TPSA) is 53.5 Å². The Morgan fingerprint density at radius 2 is 1.67 bits per heavy atom. The second-order valence-corrected chi connectivity index (χ2v) is 8.25. The number of aryl methyl sites for hydroxylation is 2. The van der Waals surface area contributed by atoms with Crippen LogP contribution in [-0.4, -0.2) is 52.8 Å². The fraction of sp³-hybridized carbons (Fsp3) is 0.722. The molecule has 0 unspecified atom stereocenters. The van der Waals surface area contributed by atoms with Crippen LogP contribution in [0.3, 0.4) is 0 Å². The van der Waals surface area contributed by atoms with Crippen LogP contribution in [-0.2, 0) is 16.0 Å². The lowest BCUT2D eigenvalue weighted by Gasteiger charge is -2.37. The average molecular weight is 350 g/mol. The van der Waals surface area contributed by atoms with Crippen LogP contribution in [0, 0.1) is 19.8 Å². The third-order valence-corrected chi connectivity index (χ3v) is 6.28. The molecular weight excluding hydrogens is 322 g/mol. The van der Waals surface area contributed by atoms with Gasteiger partial charge < -0.3 is 9.80 Å². The van der Waals surface area contributed by atoms with E-state index in [4.69, 9.17) is 0 Å². The second kappa shape index (κ2) is 7.64. The normalized spacial score (nSPS) is 19.6. The van der Waals surface area contributed by atoms with Gasteiger partial charge in [-0.3, -0.25) is 9.59 Å². The van der Waals surface area contributed by atoms with Gasteiger partial charge in [0.15, 0.2) is 0 Å². The smallest absolute Gasteiger partial charge is 0.228 e. The van der Waals surface area contributed by atoms with Gasteiger partial charge in [-0.05, 0) is 26.7 Å². The van der Waals surface area contributed by atoms with Crippen molar-refractivity contribution in [2.24, 2.45) is 5.92 Å². The van der Waals surface area contributed by atoms with Crippen molar-refractivity contribution in [3.63, 3.8) is 0 Å². The zero-order valence-corrected chi connectivity index (χ0v) is 15.5. The fourth-order valence-electron chi connectivity index (χ4n) is 3.77. The first-order valence-corrected chi connectivity index (χ1v) is 9.85. The summed E-state index contributed by atoms with van der Waals surface area (Å²) in [5.41, 5.74) is 0.969. The van der Waals surface area contributed by atoms with E-state index in [1.165, 1.54) is 19.3 Å². The van der Waals surface area contributed by atoms with Crippen LogP contribution < -0.4 is 0 Å². The number of carbonyl (C=O) groups excluding carboxylic acids is 2. The lowest BCUT2D eigenvalue weighted by Crippen LogP contribution is -2.52. The SMILES string of the molecule is Cc1nc(C)c(CC(=O)N2CCN(C(=O)C3CCCCC3)CC2)s1. The number of aromatic nitrogens is 1. The molecule has 0 atom stereocenters. The van der Waals surface area contributed by atoms with Crippen LogP contribution >= 0.6 is 11.3 Å². The van der Waals surface area contributed by atoms with Gasteiger partial charge in [0.1, 0.15) is 0 Å². The van der Waals surface area contributed by atoms with Crippen LogP contribution in [0.15, 0.2) is 0 Å². The van der Waals surface area contributed by atoms with E-state index in [1.807, 2.05) is 23.6 Å². The molecule has 1 aromatic rings. The van der Waals surface area contributed by atoms with Gasteiger partial charge in [-0.2, -0.15) is 0 Å². The van der Waals surface area contributed by atoms with E-state index in [1.54, 1.807) is 11.3 Å². The highest BCUT2D eigenvalue weighted by molar-refractivity contribution is 7.11. The Morgan fingerprint density at radius 3 is 2.25 bits per heavy atom. The monoisotopic (exact) mass is 349 g/mol. The minimum atomic E-state index is 0.159. The zero-order valence-electron chi connectivity index (χ0n) is 14.7. The molecular formula is C18H27N3O2S. The van der Waals surface area contributed by atoms with Crippen molar-refractivity contribution in [2.45, 2.75) is 52.4 Å². The van der Waals surface area contributed by atoms with Crippen LogP contribution in [0.4, 0.5) is 0 Å². The Kier molecular flexibility index (Phi) is 5.54. The summed E-state index contributed by atoms with van der Waals surface area (Å²) in [7, 11) is 0. The first-order valence-electron chi connectivity index (χ1n) is 9.04. The summed E-state index contributed by atoms with van der Waals surface area (Å²) in [5, 5.41) is 1.01. The van der Waals surface area contributed by atoms with Crippen molar-refractivity contribution in [1.29, 1.82) is 0 Å².